The molecule has 106 valence electrons. The Morgan fingerprint density at radius 3 is 2.05 bits per heavy atom. The van der Waals surface area contributed by atoms with Gasteiger partial charge in [0.2, 0.25) is 5.75 Å². The van der Waals surface area contributed by atoms with Crippen LogP contribution >= 0.6 is 0 Å². The van der Waals surface area contributed by atoms with Gasteiger partial charge in [0.1, 0.15) is 0 Å². The molecule has 0 atom stereocenters. The molecule has 1 aliphatic rings. The third-order valence-electron chi connectivity index (χ3n) is 3.54. The number of rotatable bonds is 6. The summed E-state index contributed by atoms with van der Waals surface area (Å²) < 4.78 is 16.1. The molecule has 1 N–H and O–H groups in total. The van der Waals surface area contributed by atoms with Gasteiger partial charge in [-0.2, -0.15) is 0 Å². The number of ether oxygens (including phenoxy) is 3. The summed E-state index contributed by atoms with van der Waals surface area (Å²) >= 11 is 0. The first-order valence-corrected chi connectivity index (χ1v) is 6.39. The average Bonchev–Trinajstić information content (AvgIpc) is 2.35. The minimum absolute atomic E-state index is 0.610. The summed E-state index contributed by atoms with van der Waals surface area (Å²) in [7, 11) is 7.03. The van der Waals surface area contributed by atoms with Gasteiger partial charge in [0.15, 0.2) is 11.5 Å². The molecule has 0 aliphatic carbocycles. The third-order valence-corrected chi connectivity index (χ3v) is 3.54. The van der Waals surface area contributed by atoms with E-state index in [1.165, 1.54) is 0 Å². The van der Waals surface area contributed by atoms with Crippen LogP contribution in [0.2, 0.25) is 0 Å². The van der Waals surface area contributed by atoms with E-state index in [0.717, 1.165) is 25.2 Å². The van der Waals surface area contributed by atoms with Crippen molar-refractivity contribution in [2.75, 3.05) is 41.5 Å². The molecule has 1 saturated heterocycles. The third kappa shape index (κ3) is 2.93. The number of hydrogen-bond acceptors (Lipinski definition) is 5. The Bertz CT molecular complexity index is 408. The van der Waals surface area contributed by atoms with Gasteiger partial charge >= 0.3 is 0 Å². The van der Waals surface area contributed by atoms with Crippen molar-refractivity contribution in [1.82, 2.24) is 10.2 Å². The SMILES string of the molecule is COc1cc(CN(C)C2CNC2)cc(OC)c1OC. The highest BCUT2D eigenvalue weighted by molar-refractivity contribution is 5.53. The van der Waals surface area contributed by atoms with Crippen LogP contribution in [0.5, 0.6) is 17.2 Å². The van der Waals surface area contributed by atoms with Gasteiger partial charge in [-0.15, -0.1) is 0 Å². The van der Waals surface area contributed by atoms with Crippen LogP contribution < -0.4 is 19.5 Å². The summed E-state index contributed by atoms with van der Waals surface area (Å²) in [4.78, 5) is 2.33. The first-order valence-electron chi connectivity index (χ1n) is 6.39. The molecule has 0 spiro atoms. The van der Waals surface area contributed by atoms with Gasteiger partial charge in [-0.25, -0.2) is 0 Å². The van der Waals surface area contributed by atoms with E-state index in [1.54, 1.807) is 21.3 Å². The molecule has 2 rings (SSSR count). The van der Waals surface area contributed by atoms with Gasteiger partial charge in [-0.1, -0.05) is 0 Å². The van der Waals surface area contributed by atoms with Crippen molar-refractivity contribution in [3.05, 3.63) is 17.7 Å². The highest BCUT2D eigenvalue weighted by Crippen LogP contribution is 2.38. The lowest BCUT2D eigenvalue weighted by Crippen LogP contribution is -2.55. The zero-order valence-electron chi connectivity index (χ0n) is 12.0. The van der Waals surface area contributed by atoms with Crippen LogP contribution in [0.4, 0.5) is 0 Å². The van der Waals surface area contributed by atoms with Gasteiger partial charge < -0.3 is 19.5 Å². The van der Waals surface area contributed by atoms with Gasteiger partial charge in [-0.05, 0) is 24.7 Å². The van der Waals surface area contributed by atoms with Crippen molar-refractivity contribution in [3.63, 3.8) is 0 Å². The molecular weight excluding hydrogens is 244 g/mol. The Morgan fingerprint density at radius 1 is 1.11 bits per heavy atom. The molecule has 19 heavy (non-hydrogen) atoms. The first kappa shape index (κ1) is 14.0. The fourth-order valence-corrected chi connectivity index (χ4v) is 2.23. The van der Waals surface area contributed by atoms with Gasteiger partial charge in [0.05, 0.1) is 21.3 Å². The zero-order valence-corrected chi connectivity index (χ0v) is 12.0. The van der Waals surface area contributed by atoms with E-state index < -0.39 is 0 Å². The van der Waals surface area contributed by atoms with Crippen molar-refractivity contribution in [2.45, 2.75) is 12.6 Å². The van der Waals surface area contributed by atoms with E-state index in [9.17, 15) is 0 Å². The second-order valence-electron chi connectivity index (χ2n) is 4.76. The molecule has 0 saturated carbocycles. The molecule has 1 aromatic rings. The predicted molar refractivity (Wildman–Crippen MR) is 74.2 cm³/mol. The van der Waals surface area contributed by atoms with Crippen LogP contribution in [0, 0.1) is 0 Å². The van der Waals surface area contributed by atoms with Crippen molar-refractivity contribution < 1.29 is 14.2 Å². The Labute approximate surface area is 114 Å². The van der Waals surface area contributed by atoms with E-state index in [-0.39, 0.29) is 0 Å². The Hall–Kier alpha value is -1.46. The quantitative estimate of drug-likeness (QED) is 0.835. The lowest BCUT2D eigenvalue weighted by molar-refractivity contribution is 0.172. The molecule has 1 heterocycles. The molecule has 1 fully saturated rings. The molecule has 5 nitrogen and oxygen atoms in total. The van der Waals surface area contributed by atoms with Crippen molar-refractivity contribution >= 4 is 0 Å². The molecule has 1 aliphatic heterocycles. The Morgan fingerprint density at radius 2 is 1.68 bits per heavy atom. The van der Waals surface area contributed by atoms with Gasteiger partial charge in [0.25, 0.3) is 0 Å². The first-order chi connectivity index (χ1) is 9.19. The summed E-state index contributed by atoms with van der Waals surface area (Å²) in [6, 6.07) is 4.62. The predicted octanol–water partition coefficient (Wildman–Crippen LogP) is 1.12. The minimum atomic E-state index is 0.610. The van der Waals surface area contributed by atoms with Crippen LogP contribution in [-0.2, 0) is 6.54 Å². The van der Waals surface area contributed by atoms with Crippen LogP contribution in [-0.4, -0.2) is 52.4 Å². The maximum absolute atomic E-state index is 5.37. The van der Waals surface area contributed by atoms with E-state index >= 15 is 0 Å². The molecule has 5 heteroatoms. The monoisotopic (exact) mass is 266 g/mol. The second kappa shape index (κ2) is 6.12. The summed E-state index contributed by atoms with van der Waals surface area (Å²) in [5.74, 6) is 2.05. The molecule has 0 aromatic heterocycles. The van der Waals surface area contributed by atoms with E-state index in [1.807, 2.05) is 12.1 Å². The number of methoxy groups -OCH3 is 3. The number of hydrogen-bond donors (Lipinski definition) is 1. The van der Waals surface area contributed by atoms with Crippen LogP contribution in [0.1, 0.15) is 5.56 Å². The maximum Gasteiger partial charge on any atom is 0.203 e. The van der Waals surface area contributed by atoms with Gasteiger partial charge in [0, 0.05) is 25.7 Å². The van der Waals surface area contributed by atoms with Crippen molar-refractivity contribution in [3.8, 4) is 17.2 Å². The van der Waals surface area contributed by atoms with Crippen LogP contribution in [0.15, 0.2) is 12.1 Å². The summed E-state index contributed by atoms with van der Waals surface area (Å²) in [5.41, 5.74) is 1.16. The largest absolute Gasteiger partial charge is 0.493 e. The lowest BCUT2D eigenvalue weighted by Gasteiger charge is -2.35. The standard InChI is InChI=1S/C14H22N2O3/c1-16(11-7-15-8-11)9-10-5-12(17-2)14(19-4)13(6-10)18-3/h5-6,11,15H,7-9H2,1-4H3. The lowest BCUT2D eigenvalue weighted by atomic mass is 10.1. The number of benzene rings is 1. The Kier molecular flexibility index (Phi) is 4.50. The average molecular weight is 266 g/mol. The molecular formula is C14H22N2O3. The molecule has 0 bridgehead atoms. The fourth-order valence-electron chi connectivity index (χ4n) is 2.23. The summed E-state index contributed by atoms with van der Waals surface area (Å²) in [6.07, 6.45) is 0. The maximum atomic E-state index is 5.37. The zero-order chi connectivity index (χ0) is 13.8. The number of nitrogens with zero attached hydrogens (tertiary/aromatic N) is 1. The van der Waals surface area contributed by atoms with Crippen molar-refractivity contribution in [2.24, 2.45) is 0 Å². The smallest absolute Gasteiger partial charge is 0.203 e. The van der Waals surface area contributed by atoms with E-state index in [0.29, 0.717) is 23.3 Å². The molecule has 0 radical (unpaired) electrons. The molecule has 0 unspecified atom stereocenters. The van der Waals surface area contributed by atoms with E-state index in [2.05, 4.69) is 17.3 Å². The minimum Gasteiger partial charge on any atom is -0.493 e. The molecule has 0 amide bonds. The fraction of sp³-hybridized carbons (Fsp3) is 0.571. The van der Waals surface area contributed by atoms with Crippen LogP contribution in [0.25, 0.3) is 0 Å². The van der Waals surface area contributed by atoms with Gasteiger partial charge in [-0.3, -0.25) is 4.90 Å². The summed E-state index contributed by atoms with van der Waals surface area (Å²) in [5, 5.41) is 3.28. The van der Waals surface area contributed by atoms with Crippen LogP contribution in [0.3, 0.4) is 0 Å². The normalized spacial score (nSPS) is 15.2. The summed E-state index contributed by atoms with van der Waals surface area (Å²) in [6.45, 7) is 2.98. The topological polar surface area (TPSA) is 43.0 Å². The second-order valence-corrected chi connectivity index (χ2v) is 4.76. The Balaban J connectivity index is 2.20. The van der Waals surface area contributed by atoms with E-state index in [4.69, 9.17) is 14.2 Å². The number of nitrogens with one attached hydrogen (secondary N) is 1. The highest BCUT2D eigenvalue weighted by atomic mass is 16.5. The number of likely N-dealkylation sites (N-methyl/N-ethyl adjacent to an activating group) is 1. The van der Waals surface area contributed by atoms with Crippen molar-refractivity contribution in [1.29, 1.82) is 0 Å². The molecule has 1 aromatic carbocycles. The highest BCUT2D eigenvalue weighted by Gasteiger charge is 2.22.